The standard InChI is InChI=1S/C22H48N.C3H7NOS.CH3NOS/c1-5-7-9-11-13-15-17-19-21-23(3,4)22-20-18-16-14-12-10-8-6-2;1-4(2)3(5)6;2-1(3)4/h5-22H2,1-4H3;1-2H3,(H,5,6);(H3,2,3,4)/q+1;;/p-1. The summed E-state index contributed by atoms with van der Waals surface area (Å²) in [5.41, 5.74) is 4.34. The monoisotopic (exact) mass is 507 g/mol. The third kappa shape index (κ3) is 42.1. The van der Waals surface area contributed by atoms with Crippen molar-refractivity contribution >= 4 is 35.7 Å². The molecule has 0 aromatic rings. The largest absolute Gasteiger partial charge is 0.719 e. The van der Waals surface area contributed by atoms with E-state index in [-0.39, 0.29) is 5.24 Å². The fraction of sp³-hybridized carbons (Fsp3) is 0.923. The molecule has 0 saturated heterocycles. The molecule has 0 aliphatic carbocycles. The Morgan fingerprint density at radius 2 is 0.909 bits per heavy atom. The quantitative estimate of drug-likeness (QED) is 0.0871. The molecule has 2 N–H and O–H groups in total. The van der Waals surface area contributed by atoms with Crippen LogP contribution < -0.4 is 5.73 Å². The molecule has 0 saturated carbocycles. The predicted octanol–water partition coefficient (Wildman–Crippen LogP) is 7.55. The van der Waals surface area contributed by atoms with Gasteiger partial charge in [-0.1, -0.05) is 104 Å². The summed E-state index contributed by atoms with van der Waals surface area (Å²) in [7, 11) is 8.11. The average molecular weight is 508 g/mol. The van der Waals surface area contributed by atoms with Gasteiger partial charge < -0.3 is 32.5 Å². The number of quaternary nitrogens is 1. The van der Waals surface area contributed by atoms with Gasteiger partial charge in [0.25, 0.3) is 5.24 Å². The zero-order valence-corrected chi connectivity index (χ0v) is 24.6. The number of amides is 2. The Labute approximate surface area is 218 Å². The zero-order valence-electron chi connectivity index (χ0n) is 22.9. The lowest BCUT2D eigenvalue weighted by molar-refractivity contribution is -0.890. The van der Waals surface area contributed by atoms with E-state index in [1.165, 1.54) is 125 Å². The Balaban J connectivity index is -0.000000747. The molecule has 33 heavy (non-hydrogen) atoms. The Morgan fingerprint density at radius 3 is 1.12 bits per heavy atom. The number of thiol groups is 1. The van der Waals surface area contributed by atoms with E-state index >= 15 is 0 Å². The smallest absolute Gasteiger partial charge is 0.273 e. The van der Waals surface area contributed by atoms with Crippen LogP contribution in [0.5, 0.6) is 0 Å². The Morgan fingerprint density at radius 1 is 0.697 bits per heavy atom. The van der Waals surface area contributed by atoms with E-state index in [9.17, 15) is 4.79 Å². The van der Waals surface area contributed by atoms with Crippen LogP contribution in [-0.4, -0.2) is 61.1 Å². The molecule has 0 bridgehead atoms. The summed E-state index contributed by atoms with van der Waals surface area (Å²) in [6, 6.07) is 0. The minimum absolute atomic E-state index is 0.324. The topological polar surface area (TPSA) is 63.4 Å². The highest BCUT2D eigenvalue weighted by Gasteiger charge is 2.13. The van der Waals surface area contributed by atoms with Crippen LogP contribution >= 0.6 is 12.6 Å². The molecule has 0 unspecified atom stereocenters. The Kier molecular flexibility index (Phi) is 31.1. The first-order valence-electron chi connectivity index (χ1n) is 13.2. The van der Waals surface area contributed by atoms with E-state index in [1.54, 1.807) is 14.1 Å². The van der Waals surface area contributed by atoms with Gasteiger partial charge in [-0.2, -0.15) is 0 Å². The van der Waals surface area contributed by atoms with Gasteiger partial charge >= 0.3 is 0 Å². The summed E-state index contributed by atoms with van der Waals surface area (Å²) in [5.74, 6) is 0. The highest BCUT2D eigenvalue weighted by Crippen LogP contribution is 2.13. The molecule has 0 aliphatic heterocycles. The van der Waals surface area contributed by atoms with E-state index in [0.717, 1.165) is 0 Å². The lowest BCUT2D eigenvalue weighted by atomic mass is 10.1. The second kappa shape index (κ2) is 27.7. The van der Waals surface area contributed by atoms with Crippen molar-refractivity contribution in [2.45, 2.75) is 117 Å². The van der Waals surface area contributed by atoms with Gasteiger partial charge in [0.05, 0.1) is 27.2 Å². The van der Waals surface area contributed by atoms with E-state index < -0.39 is 5.24 Å². The fourth-order valence-corrected chi connectivity index (χ4v) is 3.46. The third-order valence-corrected chi connectivity index (χ3v) is 5.96. The molecular weight excluding hydrogens is 450 g/mol. The second-order valence-corrected chi connectivity index (χ2v) is 10.6. The normalized spacial score (nSPS) is 10.5. The van der Waals surface area contributed by atoms with Gasteiger partial charge in [0, 0.05) is 14.1 Å². The number of nitrogens with two attached hydrogens (primary N) is 1. The molecule has 0 radical (unpaired) electrons. The summed E-state index contributed by atoms with van der Waals surface area (Å²) in [6.07, 6.45) is 23.0. The molecule has 0 heterocycles. The number of rotatable bonds is 18. The van der Waals surface area contributed by atoms with Crippen molar-refractivity contribution in [2.75, 3.05) is 41.3 Å². The third-order valence-electron chi connectivity index (χ3n) is 5.60. The van der Waals surface area contributed by atoms with Gasteiger partial charge in [0.2, 0.25) is 0 Å². The Bertz CT molecular complexity index is 408. The molecule has 5 nitrogen and oxygen atoms in total. The number of primary amides is 1. The van der Waals surface area contributed by atoms with Crippen LogP contribution in [0.3, 0.4) is 0 Å². The van der Waals surface area contributed by atoms with Crippen LogP contribution in [0.25, 0.3) is 0 Å². The van der Waals surface area contributed by atoms with Gasteiger partial charge in [0.15, 0.2) is 0 Å². The van der Waals surface area contributed by atoms with Crippen molar-refractivity contribution in [3.63, 3.8) is 0 Å². The SMILES string of the molecule is CCCCCCCCCC[N+](C)(C)CCCCCCCCCC.CN(C)C(=O)[S-].NC(=O)S. The number of hydrogen-bond donors (Lipinski definition) is 2. The maximum atomic E-state index is 9.88. The lowest BCUT2D eigenvalue weighted by Gasteiger charge is -2.30. The highest BCUT2D eigenvalue weighted by molar-refractivity contribution is 7.96. The molecule has 200 valence electrons. The fourth-order valence-electron chi connectivity index (χ4n) is 3.46. The maximum absolute atomic E-state index is 9.88. The molecule has 7 heteroatoms. The van der Waals surface area contributed by atoms with Gasteiger partial charge in [0.1, 0.15) is 5.24 Å². The zero-order chi connectivity index (χ0) is 26.0. The van der Waals surface area contributed by atoms with Crippen LogP contribution in [0.15, 0.2) is 0 Å². The molecule has 0 fully saturated rings. The summed E-state index contributed by atoms with van der Waals surface area (Å²) >= 11 is 7.29. The number of nitrogens with zero attached hydrogens (tertiary/aromatic N) is 2. The van der Waals surface area contributed by atoms with E-state index in [2.05, 4.69) is 58.9 Å². The predicted molar refractivity (Wildman–Crippen MR) is 152 cm³/mol. The number of carbonyl (C=O) groups is 2. The molecule has 0 atom stereocenters. The molecule has 2 amide bonds. The first-order chi connectivity index (χ1) is 15.5. The summed E-state index contributed by atoms with van der Waals surface area (Å²) in [5, 5.41) is -0.963. The van der Waals surface area contributed by atoms with Gasteiger partial charge in [-0.05, 0) is 25.7 Å². The van der Waals surface area contributed by atoms with E-state index in [0.29, 0.717) is 0 Å². The summed E-state index contributed by atoms with van der Waals surface area (Å²) in [6.45, 7) is 7.36. The maximum Gasteiger partial charge on any atom is 0.273 e. The van der Waals surface area contributed by atoms with Crippen molar-refractivity contribution in [1.82, 2.24) is 4.90 Å². The summed E-state index contributed by atoms with van der Waals surface area (Å²) < 4.78 is 1.24. The Hall–Kier alpha value is -0.530. The average Bonchev–Trinajstić information content (AvgIpc) is 2.72. The lowest BCUT2D eigenvalue weighted by Crippen LogP contribution is -2.41. The number of carbonyl (C=O) groups excluding carboxylic acids is 2. The van der Waals surface area contributed by atoms with Gasteiger partial charge in [-0.3, -0.25) is 4.79 Å². The van der Waals surface area contributed by atoms with E-state index in [1.807, 2.05) is 0 Å². The van der Waals surface area contributed by atoms with Crippen molar-refractivity contribution < 1.29 is 14.1 Å². The highest BCUT2D eigenvalue weighted by atomic mass is 32.1. The van der Waals surface area contributed by atoms with Crippen molar-refractivity contribution in [3.8, 4) is 0 Å². The van der Waals surface area contributed by atoms with Crippen molar-refractivity contribution in [3.05, 3.63) is 0 Å². The van der Waals surface area contributed by atoms with Crippen LogP contribution in [0.1, 0.15) is 117 Å². The molecule has 0 aromatic carbocycles. The van der Waals surface area contributed by atoms with E-state index in [4.69, 9.17) is 4.79 Å². The molecule has 0 aliphatic rings. The minimum Gasteiger partial charge on any atom is -0.719 e. The first kappa shape index (κ1) is 37.0. The number of unbranched alkanes of at least 4 members (excludes halogenated alkanes) is 14. The van der Waals surface area contributed by atoms with Crippen molar-refractivity contribution in [1.29, 1.82) is 0 Å². The van der Waals surface area contributed by atoms with Crippen LogP contribution in [0.2, 0.25) is 0 Å². The first-order valence-corrected chi connectivity index (χ1v) is 14.0. The van der Waals surface area contributed by atoms with Crippen LogP contribution in [0.4, 0.5) is 9.59 Å². The minimum atomic E-state index is -0.639. The molecule has 0 rings (SSSR count). The van der Waals surface area contributed by atoms with Crippen LogP contribution in [0, 0.1) is 0 Å². The molecular formula is C26H57N3O2S2. The van der Waals surface area contributed by atoms with Gasteiger partial charge in [-0.15, -0.1) is 0 Å². The second-order valence-electron chi connectivity index (χ2n) is 9.83. The summed E-state index contributed by atoms with van der Waals surface area (Å²) in [4.78, 5) is 20.3. The van der Waals surface area contributed by atoms with Crippen molar-refractivity contribution in [2.24, 2.45) is 5.73 Å². The van der Waals surface area contributed by atoms with Gasteiger partial charge in [-0.25, -0.2) is 0 Å². The molecule has 0 spiro atoms. The number of hydrogen-bond acceptors (Lipinski definition) is 3. The molecule has 0 aromatic heterocycles. The van der Waals surface area contributed by atoms with Crippen LogP contribution in [-0.2, 0) is 12.6 Å².